The van der Waals surface area contributed by atoms with Crippen molar-refractivity contribution >= 4 is 29.0 Å². The second kappa shape index (κ2) is 11.7. The molecule has 1 atom stereocenters. The minimum atomic E-state index is -0.314. The van der Waals surface area contributed by atoms with Crippen molar-refractivity contribution in [3.63, 3.8) is 0 Å². The predicted octanol–water partition coefficient (Wildman–Crippen LogP) is 5.03. The zero-order valence-corrected chi connectivity index (χ0v) is 21.7. The number of nitrogens with zero attached hydrogens (tertiary/aromatic N) is 2. The topological polar surface area (TPSA) is 80.3 Å². The molecule has 0 spiro atoms. The fraction of sp³-hybridized carbons (Fsp3) is 0.357. The van der Waals surface area contributed by atoms with Gasteiger partial charge in [-0.2, -0.15) is 0 Å². The van der Waals surface area contributed by atoms with Crippen molar-refractivity contribution in [1.82, 2.24) is 9.80 Å². The van der Waals surface area contributed by atoms with Gasteiger partial charge in [0.1, 0.15) is 6.54 Å². The van der Waals surface area contributed by atoms with Crippen LogP contribution in [0.1, 0.15) is 28.8 Å². The third kappa shape index (κ3) is 6.42. The minimum absolute atomic E-state index is 0.0481. The standard InChI is InChI=1S/C28H31N3O5S/c1-20-11-13-37-26(20)17-30(15-21-9-10-24-25(14-21)36-19-35-24)27(32)18-31(16-23-8-5-12-34-23)28(33)29-22-6-3-2-4-7-22/h2-4,6-7,9-11,13-14,23H,5,8,12,15-19H2,1H3,(H,29,33). The van der Waals surface area contributed by atoms with Gasteiger partial charge in [-0.3, -0.25) is 4.79 Å². The van der Waals surface area contributed by atoms with E-state index in [1.54, 1.807) is 21.1 Å². The monoisotopic (exact) mass is 521 g/mol. The molecule has 194 valence electrons. The Kier molecular flexibility index (Phi) is 7.91. The van der Waals surface area contributed by atoms with Crippen molar-refractivity contribution in [2.24, 2.45) is 0 Å². The van der Waals surface area contributed by atoms with Crippen molar-refractivity contribution in [1.29, 1.82) is 0 Å². The van der Waals surface area contributed by atoms with Crippen LogP contribution in [0.25, 0.3) is 0 Å². The van der Waals surface area contributed by atoms with Crippen LogP contribution in [-0.2, 0) is 22.6 Å². The number of anilines is 1. The number of ether oxygens (including phenoxy) is 3. The SMILES string of the molecule is Cc1ccsc1CN(Cc1ccc2c(c1)OCO2)C(=O)CN(CC1CCCO1)C(=O)Nc1ccccc1. The van der Waals surface area contributed by atoms with E-state index < -0.39 is 0 Å². The smallest absolute Gasteiger partial charge is 0.322 e. The summed E-state index contributed by atoms with van der Waals surface area (Å²) in [5.41, 5.74) is 2.77. The van der Waals surface area contributed by atoms with Gasteiger partial charge < -0.3 is 29.3 Å². The Hall–Kier alpha value is -3.56. The normalized spacial score (nSPS) is 16.0. The summed E-state index contributed by atoms with van der Waals surface area (Å²) in [5.74, 6) is 1.25. The summed E-state index contributed by atoms with van der Waals surface area (Å²) in [6, 6.07) is 16.7. The molecule has 9 heteroatoms. The molecule has 1 unspecified atom stereocenters. The highest BCUT2D eigenvalue weighted by Crippen LogP contribution is 2.33. The van der Waals surface area contributed by atoms with Crippen molar-refractivity contribution in [2.75, 3.05) is 31.8 Å². The van der Waals surface area contributed by atoms with Gasteiger partial charge in [0.25, 0.3) is 0 Å². The molecule has 3 amide bonds. The maximum atomic E-state index is 13.8. The van der Waals surface area contributed by atoms with Gasteiger partial charge in [0.15, 0.2) is 11.5 Å². The number of urea groups is 1. The molecule has 0 aliphatic carbocycles. The first kappa shape index (κ1) is 25.1. The summed E-state index contributed by atoms with van der Waals surface area (Å²) >= 11 is 1.63. The number of para-hydroxylation sites is 1. The molecule has 0 saturated carbocycles. The third-order valence-electron chi connectivity index (χ3n) is 6.55. The molecule has 2 aromatic carbocycles. The summed E-state index contributed by atoms with van der Waals surface area (Å²) in [6.45, 7) is 4.09. The molecular formula is C28H31N3O5S. The molecule has 1 aromatic heterocycles. The van der Waals surface area contributed by atoms with Crippen molar-refractivity contribution in [2.45, 2.75) is 39.0 Å². The van der Waals surface area contributed by atoms with Crippen LogP contribution in [0.15, 0.2) is 60.0 Å². The fourth-order valence-corrected chi connectivity index (χ4v) is 5.39. The van der Waals surface area contributed by atoms with Crippen molar-refractivity contribution < 1.29 is 23.8 Å². The summed E-state index contributed by atoms with van der Waals surface area (Å²) < 4.78 is 16.8. The number of amides is 3. The van der Waals surface area contributed by atoms with Crippen LogP contribution in [0.4, 0.5) is 10.5 Å². The lowest BCUT2D eigenvalue weighted by Crippen LogP contribution is -2.46. The highest BCUT2D eigenvalue weighted by molar-refractivity contribution is 7.10. The first-order valence-electron chi connectivity index (χ1n) is 12.5. The predicted molar refractivity (Wildman–Crippen MR) is 142 cm³/mol. The van der Waals surface area contributed by atoms with Gasteiger partial charge in [0.2, 0.25) is 12.7 Å². The molecule has 1 saturated heterocycles. The van der Waals surface area contributed by atoms with Gasteiger partial charge in [-0.25, -0.2) is 4.79 Å². The number of nitrogens with one attached hydrogen (secondary N) is 1. The van der Waals surface area contributed by atoms with Crippen LogP contribution < -0.4 is 14.8 Å². The Balaban J connectivity index is 1.34. The molecule has 5 rings (SSSR count). The van der Waals surface area contributed by atoms with E-state index in [2.05, 4.69) is 11.4 Å². The fourth-order valence-electron chi connectivity index (χ4n) is 4.47. The van der Waals surface area contributed by atoms with E-state index in [0.29, 0.717) is 43.4 Å². The molecule has 2 aliphatic heterocycles. The number of benzene rings is 2. The summed E-state index contributed by atoms with van der Waals surface area (Å²) in [5, 5.41) is 4.96. The van der Waals surface area contributed by atoms with E-state index in [4.69, 9.17) is 14.2 Å². The number of carbonyl (C=O) groups is 2. The molecular weight excluding hydrogens is 490 g/mol. The number of aryl methyl sites for hydroxylation is 1. The number of hydrogen-bond acceptors (Lipinski definition) is 6. The van der Waals surface area contributed by atoms with Crippen LogP contribution in [0, 0.1) is 6.92 Å². The molecule has 1 N–H and O–H groups in total. The number of hydrogen-bond donors (Lipinski definition) is 1. The van der Waals surface area contributed by atoms with Crippen LogP contribution in [0.3, 0.4) is 0 Å². The Bertz CT molecular complexity index is 1230. The first-order chi connectivity index (χ1) is 18.0. The summed E-state index contributed by atoms with van der Waals surface area (Å²) in [6.07, 6.45) is 1.76. The number of carbonyl (C=O) groups excluding carboxylic acids is 2. The zero-order valence-electron chi connectivity index (χ0n) is 20.9. The molecule has 0 bridgehead atoms. The number of rotatable bonds is 9. The van der Waals surface area contributed by atoms with Crippen molar-refractivity contribution in [3.05, 3.63) is 76.0 Å². The average molecular weight is 522 g/mol. The number of fused-ring (bicyclic) bond motifs is 1. The maximum Gasteiger partial charge on any atom is 0.322 e. The van der Waals surface area contributed by atoms with E-state index in [-0.39, 0.29) is 31.4 Å². The largest absolute Gasteiger partial charge is 0.454 e. The van der Waals surface area contributed by atoms with Gasteiger partial charge in [-0.15, -0.1) is 11.3 Å². The zero-order chi connectivity index (χ0) is 25.6. The molecule has 37 heavy (non-hydrogen) atoms. The van der Waals surface area contributed by atoms with Crippen LogP contribution in [-0.4, -0.2) is 54.3 Å². The molecule has 3 aromatic rings. The maximum absolute atomic E-state index is 13.8. The van der Waals surface area contributed by atoms with E-state index in [1.807, 2.05) is 60.8 Å². The minimum Gasteiger partial charge on any atom is -0.454 e. The van der Waals surface area contributed by atoms with Crippen LogP contribution in [0.5, 0.6) is 11.5 Å². The van der Waals surface area contributed by atoms with E-state index in [9.17, 15) is 9.59 Å². The Labute approximate surface area is 220 Å². The van der Waals surface area contributed by atoms with Gasteiger partial charge in [-0.1, -0.05) is 24.3 Å². The van der Waals surface area contributed by atoms with Crippen molar-refractivity contribution in [3.8, 4) is 11.5 Å². The Morgan fingerprint density at radius 3 is 2.62 bits per heavy atom. The molecule has 2 aliphatic rings. The summed E-state index contributed by atoms with van der Waals surface area (Å²) in [4.78, 5) is 31.5. The highest BCUT2D eigenvalue weighted by atomic mass is 32.1. The first-order valence-corrected chi connectivity index (χ1v) is 13.3. The van der Waals surface area contributed by atoms with Gasteiger partial charge in [0, 0.05) is 30.3 Å². The van der Waals surface area contributed by atoms with E-state index in [0.717, 1.165) is 28.8 Å². The molecule has 1 fully saturated rings. The van der Waals surface area contributed by atoms with Gasteiger partial charge in [-0.05, 0) is 66.6 Å². The lowest BCUT2D eigenvalue weighted by Gasteiger charge is -2.29. The highest BCUT2D eigenvalue weighted by Gasteiger charge is 2.27. The van der Waals surface area contributed by atoms with E-state index in [1.165, 1.54) is 0 Å². The quantitative estimate of drug-likeness (QED) is 0.427. The second-order valence-corrected chi connectivity index (χ2v) is 10.3. The van der Waals surface area contributed by atoms with Crippen LogP contribution in [0.2, 0.25) is 0 Å². The van der Waals surface area contributed by atoms with Gasteiger partial charge in [0.05, 0.1) is 12.6 Å². The Morgan fingerprint density at radius 1 is 1.03 bits per heavy atom. The number of thiophene rings is 1. The lowest BCUT2D eigenvalue weighted by molar-refractivity contribution is -0.133. The molecule has 3 heterocycles. The van der Waals surface area contributed by atoms with Gasteiger partial charge >= 0.3 is 6.03 Å². The Morgan fingerprint density at radius 2 is 1.86 bits per heavy atom. The second-order valence-electron chi connectivity index (χ2n) is 9.28. The molecule has 0 radical (unpaired) electrons. The van der Waals surface area contributed by atoms with E-state index >= 15 is 0 Å². The van der Waals surface area contributed by atoms with Crippen LogP contribution >= 0.6 is 11.3 Å². The average Bonchev–Trinajstić information content (AvgIpc) is 3.67. The third-order valence-corrected chi connectivity index (χ3v) is 7.56. The summed E-state index contributed by atoms with van der Waals surface area (Å²) in [7, 11) is 0. The lowest BCUT2D eigenvalue weighted by atomic mass is 10.1. The molecule has 8 nitrogen and oxygen atoms in total.